The van der Waals surface area contributed by atoms with Crippen LogP contribution < -0.4 is 10.1 Å². The summed E-state index contributed by atoms with van der Waals surface area (Å²) in [7, 11) is 1.43. The van der Waals surface area contributed by atoms with Gasteiger partial charge in [0.15, 0.2) is 0 Å². The van der Waals surface area contributed by atoms with E-state index in [0.717, 1.165) is 24.7 Å². The fourth-order valence-electron chi connectivity index (χ4n) is 3.00. The summed E-state index contributed by atoms with van der Waals surface area (Å²) in [4.78, 5) is 25.7. The first-order chi connectivity index (χ1) is 12.5. The molecule has 1 aliphatic heterocycles. The number of nitrogens with one attached hydrogen (secondary N) is 1. The van der Waals surface area contributed by atoms with Crippen molar-refractivity contribution in [3.63, 3.8) is 0 Å². The van der Waals surface area contributed by atoms with Gasteiger partial charge in [0.25, 0.3) is 5.91 Å². The number of benzene rings is 1. The Hall–Kier alpha value is -2.90. The van der Waals surface area contributed by atoms with Gasteiger partial charge in [0.2, 0.25) is 5.91 Å². The van der Waals surface area contributed by atoms with Gasteiger partial charge in [-0.25, -0.2) is 4.39 Å². The van der Waals surface area contributed by atoms with E-state index in [9.17, 15) is 14.0 Å². The molecule has 1 aliphatic rings. The van der Waals surface area contributed by atoms with Gasteiger partial charge in [-0.05, 0) is 30.7 Å². The smallest absolute Gasteiger partial charge is 0.255 e. The third-order valence-corrected chi connectivity index (χ3v) is 4.35. The predicted molar refractivity (Wildman–Crippen MR) is 92.1 cm³/mol. The summed E-state index contributed by atoms with van der Waals surface area (Å²) >= 11 is 0. The lowest BCUT2D eigenvalue weighted by Crippen LogP contribution is -2.28. The maximum atomic E-state index is 13.4. The normalized spacial score (nSPS) is 13.7. The number of methoxy groups -OCH3 is 1. The van der Waals surface area contributed by atoms with Crippen LogP contribution in [0.25, 0.3) is 0 Å². The molecule has 1 aromatic heterocycles. The number of amides is 2. The van der Waals surface area contributed by atoms with Crippen LogP contribution in [0.3, 0.4) is 0 Å². The van der Waals surface area contributed by atoms with E-state index in [0.29, 0.717) is 24.5 Å². The number of rotatable bonds is 4. The Balaban J connectivity index is 1.69. The predicted octanol–water partition coefficient (Wildman–Crippen LogP) is 1.71. The van der Waals surface area contributed by atoms with Crippen molar-refractivity contribution in [2.24, 2.45) is 0 Å². The second-order valence-electron chi connectivity index (χ2n) is 6.17. The highest BCUT2D eigenvalue weighted by Crippen LogP contribution is 2.19. The van der Waals surface area contributed by atoms with Crippen molar-refractivity contribution in [2.45, 2.75) is 33.0 Å². The molecule has 8 heteroatoms. The number of fused-ring (bicyclic) bond motifs is 1. The van der Waals surface area contributed by atoms with Gasteiger partial charge in [-0.3, -0.25) is 14.3 Å². The topological polar surface area (TPSA) is 76.5 Å². The van der Waals surface area contributed by atoms with E-state index in [1.807, 2.05) is 10.7 Å². The molecule has 0 aliphatic carbocycles. The summed E-state index contributed by atoms with van der Waals surface area (Å²) in [6.45, 7) is 3.71. The van der Waals surface area contributed by atoms with Crippen LogP contribution in [-0.4, -0.2) is 40.1 Å². The van der Waals surface area contributed by atoms with Gasteiger partial charge < -0.3 is 15.0 Å². The molecule has 0 fully saturated rings. The van der Waals surface area contributed by atoms with Crippen LogP contribution in [0.4, 0.5) is 4.39 Å². The molecular formula is C18H21FN4O3. The fourth-order valence-corrected chi connectivity index (χ4v) is 3.00. The minimum absolute atomic E-state index is 0.0349. The fraction of sp³-hybridized carbons (Fsp3) is 0.389. The molecule has 2 aromatic rings. The molecule has 0 saturated carbocycles. The van der Waals surface area contributed by atoms with E-state index < -0.39 is 11.7 Å². The number of nitrogens with zero attached hydrogens (tertiary/aromatic N) is 3. The lowest BCUT2D eigenvalue weighted by molar-refractivity contribution is -0.129. The summed E-state index contributed by atoms with van der Waals surface area (Å²) in [5.74, 6) is -0.599. The van der Waals surface area contributed by atoms with E-state index in [4.69, 9.17) is 4.74 Å². The van der Waals surface area contributed by atoms with E-state index in [1.54, 1.807) is 11.8 Å². The number of halogens is 1. The minimum Gasteiger partial charge on any atom is -0.496 e. The Labute approximate surface area is 150 Å². The van der Waals surface area contributed by atoms with Gasteiger partial charge in [0, 0.05) is 20.0 Å². The van der Waals surface area contributed by atoms with Gasteiger partial charge >= 0.3 is 0 Å². The number of carbonyl (C=O) groups is 2. The first-order valence-electron chi connectivity index (χ1n) is 8.41. The molecule has 1 N–H and O–H groups in total. The zero-order chi connectivity index (χ0) is 18.7. The number of aromatic nitrogens is 2. The van der Waals surface area contributed by atoms with Crippen molar-refractivity contribution < 1.29 is 18.7 Å². The molecule has 0 spiro atoms. The van der Waals surface area contributed by atoms with Gasteiger partial charge in [-0.2, -0.15) is 5.10 Å². The molecule has 0 unspecified atom stereocenters. The van der Waals surface area contributed by atoms with Crippen molar-refractivity contribution in [1.29, 1.82) is 0 Å². The molecule has 0 radical (unpaired) electrons. The van der Waals surface area contributed by atoms with E-state index in [2.05, 4.69) is 10.4 Å². The average molecular weight is 360 g/mol. The maximum Gasteiger partial charge on any atom is 0.255 e. The lowest BCUT2D eigenvalue weighted by Gasteiger charge is -2.17. The molecule has 0 saturated heterocycles. The van der Waals surface area contributed by atoms with E-state index in [-0.39, 0.29) is 18.0 Å². The summed E-state index contributed by atoms with van der Waals surface area (Å²) < 4.78 is 20.4. The third-order valence-electron chi connectivity index (χ3n) is 4.35. The number of hydrogen-bond acceptors (Lipinski definition) is 4. The van der Waals surface area contributed by atoms with E-state index >= 15 is 0 Å². The largest absolute Gasteiger partial charge is 0.496 e. The minimum atomic E-state index is -0.506. The van der Waals surface area contributed by atoms with Gasteiger partial charge in [-0.15, -0.1) is 0 Å². The average Bonchev–Trinajstić information content (AvgIpc) is 2.89. The summed E-state index contributed by atoms with van der Waals surface area (Å²) in [6, 6.07) is 5.67. The third kappa shape index (κ3) is 3.84. The zero-order valence-electron chi connectivity index (χ0n) is 14.8. The summed E-state index contributed by atoms with van der Waals surface area (Å²) in [5.41, 5.74) is 1.76. The number of carbonyl (C=O) groups excluding carboxylic acids is 2. The van der Waals surface area contributed by atoms with Crippen LogP contribution in [0.5, 0.6) is 5.75 Å². The van der Waals surface area contributed by atoms with Crippen LogP contribution >= 0.6 is 0 Å². The first-order valence-corrected chi connectivity index (χ1v) is 8.41. The van der Waals surface area contributed by atoms with Crippen LogP contribution in [0.1, 0.15) is 35.1 Å². The molecule has 138 valence electrons. The molecule has 7 nitrogen and oxygen atoms in total. The van der Waals surface area contributed by atoms with Crippen molar-refractivity contribution in [3.05, 3.63) is 47.0 Å². The van der Waals surface area contributed by atoms with Crippen molar-refractivity contribution in [2.75, 3.05) is 13.7 Å². The maximum absolute atomic E-state index is 13.4. The molecule has 0 bridgehead atoms. The number of ether oxygens (including phenoxy) is 1. The van der Waals surface area contributed by atoms with Crippen LogP contribution in [-0.2, 0) is 24.4 Å². The highest BCUT2D eigenvalue weighted by Gasteiger charge is 2.19. The van der Waals surface area contributed by atoms with Gasteiger partial charge in [0.1, 0.15) is 11.6 Å². The van der Waals surface area contributed by atoms with E-state index in [1.165, 1.54) is 19.2 Å². The SMILES string of the molecule is COc1ccc(F)cc1C(=O)NCc1cc2n(n1)CCCN(C(C)=O)C2. The number of hydrogen-bond donors (Lipinski definition) is 1. The number of aryl methyl sites for hydroxylation is 1. The second-order valence-corrected chi connectivity index (χ2v) is 6.17. The standard InChI is InChI=1S/C18H21FN4O3/c1-12(24)22-6-3-7-23-15(11-22)9-14(21-23)10-20-18(25)16-8-13(19)4-5-17(16)26-2/h4-5,8-9H,3,6-7,10-11H2,1-2H3,(H,20,25). The molecular weight excluding hydrogens is 339 g/mol. The molecule has 2 amide bonds. The second kappa shape index (κ2) is 7.55. The quantitative estimate of drug-likeness (QED) is 0.901. The van der Waals surface area contributed by atoms with Crippen molar-refractivity contribution >= 4 is 11.8 Å². The Bertz CT molecular complexity index is 834. The van der Waals surface area contributed by atoms with Crippen molar-refractivity contribution in [1.82, 2.24) is 20.0 Å². The lowest BCUT2D eigenvalue weighted by atomic mass is 10.2. The molecule has 0 atom stereocenters. The molecule has 2 heterocycles. The Kier molecular flexibility index (Phi) is 5.20. The zero-order valence-corrected chi connectivity index (χ0v) is 14.8. The van der Waals surface area contributed by atoms with Gasteiger partial charge in [-0.1, -0.05) is 0 Å². The summed E-state index contributed by atoms with van der Waals surface area (Å²) in [5, 5.41) is 7.22. The Morgan fingerprint density at radius 1 is 1.31 bits per heavy atom. The highest BCUT2D eigenvalue weighted by molar-refractivity contribution is 5.96. The van der Waals surface area contributed by atoms with Crippen LogP contribution in [0, 0.1) is 5.82 Å². The van der Waals surface area contributed by atoms with Crippen LogP contribution in [0.2, 0.25) is 0 Å². The van der Waals surface area contributed by atoms with Crippen molar-refractivity contribution in [3.8, 4) is 5.75 Å². The molecule has 1 aromatic carbocycles. The molecule has 3 rings (SSSR count). The first kappa shape index (κ1) is 17.9. The van der Waals surface area contributed by atoms with Crippen LogP contribution in [0.15, 0.2) is 24.3 Å². The molecule has 26 heavy (non-hydrogen) atoms. The summed E-state index contributed by atoms with van der Waals surface area (Å²) in [6.07, 6.45) is 0.834. The highest BCUT2D eigenvalue weighted by atomic mass is 19.1. The Morgan fingerprint density at radius 2 is 2.12 bits per heavy atom. The van der Waals surface area contributed by atoms with Gasteiger partial charge in [0.05, 0.1) is 37.2 Å². The monoisotopic (exact) mass is 360 g/mol. The Morgan fingerprint density at radius 3 is 2.85 bits per heavy atom.